The van der Waals surface area contributed by atoms with E-state index in [0.29, 0.717) is 11.8 Å². The standard InChI is InChI=1S/C11H13Cl2N3S/c1-11(2,3)9-14-15-10(13)16(9)6-7-4-5-8(12)17-7/h4-5H,6H2,1-3H3. The number of hydrogen-bond acceptors (Lipinski definition) is 3. The average Bonchev–Trinajstić information content (AvgIpc) is 2.74. The molecule has 0 aromatic carbocycles. The van der Waals surface area contributed by atoms with Crippen molar-refractivity contribution >= 4 is 34.5 Å². The molecule has 2 rings (SSSR count). The van der Waals surface area contributed by atoms with Crippen LogP contribution in [0.4, 0.5) is 0 Å². The van der Waals surface area contributed by atoms with E-state index in [1.54, 1.807) is 11.3 Å². The first-order chi connectivity index (χ1) is 7.88. The molecule has 0 atom stereocenters. The normalized spacial score (nSPS) is 12.1. The molecular weight excluding hydrogens is 277 g/mol. The van der Waals surface area contributed by atoms with E-state index in [2.05, 4.69) is 31.0 Å². The first kappa shape index (κ1) is 12.9. The second-order valence-electron chi connectivity index (χ2n) is 4.83. The third-order valence-corrected chi connectivity index (χ3v) is 3.81. The van der Waals surface area contributed by atoms with Gasteiger partial charge < -0.3 is 0 Å². The van der Waals surface area contributed by atoms with Crippen molar-refractivity contribution in [2.75, 3.05) is 0 Å². The van der Waals surface area contributed by atoms with Gasteiger partial charge in [0.15, 0.2) is 0 Å². The quantitative estimate of drug-likeness (QED) is 0.837. The molecule has 0 aliphatic carbocycles. The van der Waals surface area contributed by atoms with Gasteiger partial charge in [-0.2, -0.15) is 0 Å². The van der Waals surface area contributed by atoms with E-state index in [1.165, 1.54) is 0 Å². The second kappa shape index (κ2) is 4.59. The zero-order valence-electron chi connectivity index (χ0n) is 9.87. The fourth-order valence-corrected chi connectivity index (χ4v) is 2.83. The molecule has 0 aliphatic heterocycles. The van der Waals surface area contributed by atoms with Crippen LogP contribution in [0.1, 0.15) is 31.5 Å². The fraction of sp³-hybridized carbons (Fsp3) is 0.455. The molecule has 0 fully saturated rings. The Kier molecular flexibility index (Phi) is 3.48. The minimum absolute atomic E-state index is 0.0821. The first-order valence-corrected chi connectivity index (χ1v) is 6.78. The molecular formula is C11H13Cl2N3S. The maximum absolute atomic E-state index is 6.07. The van der Waals surface area contributed by atoms with Gasteiger partial charge in [-0.3, -0.25) is 4.57 Å². The van der Waals surface area contributed by atoms with Crippen molar-refractivity contribution in [1.29, 1.82) is 0 Å². The van der Waals surface area contributed by atoms with Crippen LogP contribution in [0.2, 0.25) is 9.62 Å². The van der Waals surface area contributed by atoms with Crippen LogP contribution in [0, 0.1) is 0 Å². The first-order valence-electron chi connectivity index (χ1n) is 5.21. The summed E-state index contributed by atoms with van der Waals surface area (Å²) in [6.45, 7) is 6.93. The second-order valence-corrected chi connectivity index (χ2v) is 6.97. The minimum atomic E-state index is -0.0821. The lowest BCUT2D eigenvalue weighted by molar-refractivity contribution is 0.511. The molecule has 0 saturated carbocycles. The van der Waals surface area contributed by atoms with Crippen LogP contribution in [-0.2, 0) is 12.0 Å². The topological polar surface area (TPSA) is 30.7 Å². The van der Waals surface area contributed by atoms with Gasteiger partial charge in [0, 0.05) is 10.3 Å². The van der Waals surface area contributed by atoms with Crippen molar-refractivity contribution in [3.05, 3.63) is 32.5 Å². The van der Waals surface area contributed by atoms with E-state index in [1.807, 2.05) is 16.7 Å². The summed E-state index contributed by atoms with van der Waals surface area (Å²) in [7, 11) is 0. The molecule has 2 aromatic heterocycles. The van der Waals surface area contributed by atoms with E-state index in [9.17, 15) is 0 Å². The number of rotatable bonds is 2. The highest BCUT2D eigenvalue weighted by molar-refractivity contribution is 7.16. The smallest absolute Gasteiger partial charge is 0.225 e. The predicted octanol–water partition coefficient (Wildman–Crippen LogP) is 3.99. The largest absolute Gasteiger partial charge is 0.296 e. The Labute approximate surface area is 114 Å². The molecule has 3 nitrogen and oxygen atoms in total. The van der Waals surface area contributed by atoms with E-state index in [-0.39, 0.29) is 5.41 Å². The Morgan fingerprint density at radius 3 is 2.47 bits per heavy atom. The summed E-state index contributed by atoms with van der Waals surface area (Å²) in [4.78, 5) is 1.14. The van der Waals surface area contributed by atoms with Gasteiger partial charge in [0.25, 0.3) is 0 Å². The molecule has 92 valence electrons. The zero-order valence-corrected chi connectivity index (χ0v) is 12.2. The SMILES string of the molecule is CC(C)(C)c1nnc(Cl)n1Cc1ccc(Cl)s1. The van der Waals surface area contributed by atoms with Crippen molar-refractivity contribution in [3.63, 3.8) is 0 Å². The maximum Gasteiger partial charge on any atom is 0.225 e. The Morgan fingerprint density at radius 2 is 1.94 bits per heavy atom. The van der Waals surface area contributed by atoms with Gasteiger partial charge in [-0.1, -0.05) is 32.4 Å². The molecule has 0 aliphatic rings. The Morgan fingerprint density at radius 1 is 1.24 bits per heavy atom. The fourth-order valence-electron chi connectivity index (χ4n) is 1.57. The van der Waals surface area contributed by atoms with Crippen LogP contribution in [0.25, 0.3) is 0 Å². The molecule has 0 radical (unpaired) electrons. The van der Waals surface area contributed by atoms with Crippen molar-refractivity contribution in [2.45, 2.75) is 32.7 Å². The molecule has 0 bridgehead atoms. The van der Waals surface area contributed by atoms with Crippen molar-refractivity contribution < 1.29 is 0 Å². The number of nitrogens with zero attached hydrogens (tertiary/aromatic N) is 3. The van der Waals surface area contributed by atoms with Gasteiger partial charge in [-0.05, 0) is 23.7 Å². The highest BCUT2D eigenvalue weighted by Gasteiger charge is 2.23. The maximum atomic E-state index is 6.07. The summed E-state index contributed by atoms with van der Waals surface area (Å²) < 4.78 is 2.70. The van der Waals surface area contributed by atoms with Crippen LogP contribution < -0.4 is 0 Å². The summed E-state index contributed by atoms with van der Waals surface area (Å²) in [5, 5.41) is 8.49. The minimum Gasteiger partial charge on any atom is -0.296 e. The number of thiophene rings is 1. The molecule has 0 unspecified atom stereocenters. The molecule has 17 heavy (non-hydrogen) atoms. The molecule has 0 spiro atoms. The lowest BCUT2D eigenvalue weighted by atomic mass is 9.96. The van der Waals surface area contributed by atoms with Gasteiger partial charge >= 0.3 is 0 Å². The van der Waals surface area contributed by atoms with Gasteiger partial charge in [0.2, 0.25) is 5.28 Å². The van der Waals surface area contributed by atoms with E-state index in [0.717, 1.165) is 15.0 Å². The van der Waals surface area contributed by atoms with Crippen molar-refractivity contribution in [3.8, 4) is 0 Å². The van der Waals surface area contributed by atoms with Crippen molar-refractivity contribution in [2.24, 2.45) is 0 Å². The predicted molar refractivity (Wildman–Crippen MR) is 72.2 cm³/mol. The average molecular weight is 290 g/mol. The highest BCUT2D eigenvalue weighted by atomic mass is 35.5. The summed E-state index contributed by atoms with van der Waals surface area (Å²) >= 11 is 13.5. The molecule has 6 heteroatoms. The summed E-state index contributed by atoms with van der Waals surface area (Å²) in [5.41, 5.74) is -0.0821. The molecule has 0 saturated heterocycles. The lowest BCUT2D eigenvalue weighted by Crippen LogP contribution is -2.19. The van der Waals surface area contributed by atoms with Crippen LogP contribution in [0.3, 0.4) is 0 Å². The van der Waals surface area contributed by atoms with Gasteiger partial charge in [-0.25, -0.2) is 0 Å². The number of halogens is 2. The van der Waals surface area contributed by atoms with E-state index >= 15 is 0 Å². The number of hydrogen-bond donors (Lipinski definition) is 0. The monoisotopic (exact) mass is 289 g/mol. The molecule has 2 aromatic rings. The third kappa shape index (κ3) is 2.81. The van der Waals surface area contributed by atoms with E-state index < -0.39 is 0 Å². The Balaban J connectivity index is 2.35. The van der Waals surface area contributed by atoms with Crippen LogP contribution >= 0.6 is 34.5 Å². The number of aromatic nitrogens is 3. The van der Waals surface area contributed by atoms with Gasteiger partial charge in [-0.15, -0.1) is 21.5 Å². The summed E-state index contributed by atoms with van der Waals surface area (Å²) in [6.07, 6.45) is 0. The Hall–Kier alpha value is -0.580. The Bertz CT molecular complexity index is 525. The van der Waals surface area contributed by atoms with E-state index in [4.69, 9.17) is 23.2 Å². The molecule has 0 N–H and O–H groups in total. The van der Waals surface area contributed by atoms with Crippen LogP contribution in [0.5, 0.6) is 0 Å². The highest BCUT2D eigenvalue weighted by Crippen LogP contribution is 2.27. The van der Waals surface area contributed by atoms with Crippen LogP contribution in [0.15, 0.2) is 12.1 Å². The lowest BCUT2D eigenvalue weighted by Gasteiger charge is -2.18. The molecule has 0 amide bonds. The van der Waals surface area contributed by atoms with Crippen LogP contribution in [-0.4, -0.2) is 14.8 Å². The van der Waals surface area contributed by atoms with Crippen molar-refractivity contribution in [1.82, 2.24) is 14.8 Å². The summed E-state index contributed by atoms with van der Waals surface area (Å²) in [5.74, 6) is 0.882. The third-order valence-electron chi connectivity index (χ3n) is 2.32. The molecule has 2 heterocycles. The zero-order chi connectivity index (χ0) is 12.6. The van der Waals surface area contributed by atoms with Gasteiger partial charge in [0.1, 0.15) is 5.82 Å². The van der Waals surface area contributed by atoms with Gasteiger partial charge in [0.05, 0.1) is 10.9 Å². The summed E-state index contributed by atoms with van der Waals surface area (Å²) in [6, 6.07) is 3.88.